The Kier molecular flexibility index (Phi) is 39.3. The molecule has 0 amide bonds. The van der Waals surface area contributed by atoms with E-state index in [9.17, 15) is 0 Å². The molecule has 0 fully saturated rings. The fourth-order valence-electron chi connectivity index (χ4n) is 0.354. The predicted octanol–water partition coefficient (Wildman–Crippen LogP) is -2.12. The molecule has 0 aliphatic carbocycles. The Morgan fingerprint density at radius 2 is 0.467 bits per heavy atom. The van der Waals surface area contributed by atoms with E-state index in [1.54, 1.807) is 0 Å². The van der Waals surface area contributed by atoms with Crippen molar-refractivity contribution >= 4 is 0 Å². The van der Waals surface area contributed by atoms with Gasteiger partial charge in [0.15, 0.2) is 0 Å². The highest BCUT2D eigenvalue weighted by atomic mass is 14.6. The van der Waals surface area contributed by atoms with Crippen molar-refractivity contribution in [3.05, 3.63) is 0 Å². The molecule has 6 heteroatoms. The summed E-state index contributed by atoms with van der Waals surface area (Å²) in [5.74, 6) is 0. The quantitative estimate of drug-likeness (QED) is 0.302. The molecule has 0 saturated heterocycles. The van der Waals surface area contributed by atoms with Gasteiger partial charge in [0.1, 0.15) is 0 Å². The van der Waals surface area contributed by atoms with Crippen LogP contribution >= 0.6 is 0 Å². The normalized spacial score (nSPS) is 8.40. The zero-order chi connectivity index (χ0) is 12.4. The van der Waals surface area contributed by atoms with E-state index >= 15 is 0 Å². The highest BCUT2D eigenvalue weighted by Crippen LogP contribution is 1.59. The minimum Gasteiger partial charge on any atom is -0.330 e. The first-order valence-corrected chi connectivity index (χ1v) is 5.45. The molecule has 96 valence electrons. The van der Waals surface area contributed by atoms with Crippen LogP contribution in [-0.4, -0.2) is 39.3 Å². The Hall–Kier alpha value is -0.240. The van der Waals surface area contributed by atoms with Gasteiger partial charge in [-0.25, -0.2) is 0 Å². The summed E-state index contributed by atoms with van der Waals surface area (Å²) >= 11 is 0. The summed E-state index contributed by atoms with van der Waals surface area (Å²) in [6.45, 7) is 4.31. The first-order chi connectivity index (χ1) is 7.24. The van der Waals surface area contributed by atoms with Gasteiger partial charge >= 0.3 is 0 Å². The van der Waals surface area contributed by atoms with Gasteiger partial charge in [0.2, 0.25) is 0 Å². The summed E-state index contributed by atoms with van der Waals surface area (Å²) in [5.41, 5.74) is 30.4. The van der Waals surface area contributed by atoms with E-state index < -0.39 is 0 Å². The third-order valence-corrected chi connectivity index (χ3v) is 1.22. The largest absolute Gasteiger partial charge is 0.330 e. The SMILES string of the molecule is NCCCN.NCCCN.NCCCN. The van der Waals surface area contributed by atoms with Crippen molar-refractivity contribution in [3.8, 4) is 0 Å². The molecule has 0 radical (unpaired) electrons. The topological polar surface area (TPSA) is 156 Å². The second-order valence-corrected chi connectivity index (χ2v) is 2.79. The van der Waals surface area contributed by atoms with Crippen LogP contribution in [0.4, 0.5) is 0 Å². The molecule has 0 saturated carbocycles. The number of hydrogen-bond donors (Lipinski definition) is 6. The van der Waals surface area contributed by atoms with Crippen molar-refractivity contribution in [1.82, 2.24) is 0 Å². The van der Waals surface area contributed by atoms with E-state index in [0.717, 1.165) is 58.5 Å². The lowest BCUT2D eigenvalue weighted by molar-refractivity contribution is 0.844. The van der Waals surface area contributed by atoms with Crippen molar-refractivity contribution in [2.24, 2.45) is 34.4 Å². The summed E-state index contributed by atoms with van der Waals surface area (Å²) in [6, 6.07) is 0. The van der Waals surface area contributed by atoms with Crippen LogP contribution in [0.25, 0.3) is 0 Å². The summed E-state index contributed by atoms with van der Waals surface area (Å²) in [7, 11) is 0. The van der Waals surface area contributed by atoms with Crippen molar-refractivity contribution in [2.75, 3.05) is 39.3 Å². The summed E-state index contributed by atoms with van der Waals surface area (Å²) in [4.78, 5) is 0. The molecule has 0 bridgehead atoms. The highest BCUT2D eigenvalue weighted by Gasteiger charge is 1.68. The van der Waals surface area contributed by atoms with Crippen LogP contribution in [-0.2, 0) is 0 Å². The van der Waals surface area contributed by atoms with Gasteiger partial charge in [-0.2, -0.15) is 0 Å². The maximum absolute atomic E-state index is 5.06. The molecule has 0 aromatic carbocycles. The minimum atomic E-state index is 0.719. The number of rotatable bonds is 6. The van der Waals surface area contributed by atoms with E-state index in [0.29, 0.717) is 0 Å². The average molecular weight is 222 g/mol. The van der Waals surface area contributed by atoms with E-state index in [1.807, 2.05) is 0 Å². The summed E-state index contributed by atoms with van der Waals surface area (Å²) < 4.78 is 0. The first kappa shape index (κ1) is 20.2. The van der Waals surface area contributed by atoms with Gasteiger partial charge in [-0.05, 0) is 58.5 Å². The maximum Gasteiger partial charge on any atom is -0.00653 e. The Morgan fingerprint density at radius 3 is 0.467 bits per heavy atom. The van der Waals surface area contributed by atoms with Crippen LogP contribution in [0.2, 0.25) is 0 Å². The zero-order valence-corrected chi connectivity index (χ0v) is 9.83. The Morgan fingerprint density at radius 1 is 0.333 bits per heavy atom. The van der Waals surface area contributed by atoms with Crippen molar-refractivity contribution in [3.63, 3.8) is 0 Å². The molecule has 12 N–H and O–H groups in total. The fourth-order valence-corrected chi connectivity index (χ4v) is 0.354. The molecule has 0 heterocycles. The molecule has 15 heavy (non-hydrogen) atoms. The predicted molar refractivity (Wildman–Crippen MR) is 68.2 cm³/mol. The number of hydrogen-bond acceptors (Lipinski definition) is 6. The van der Waals surface area contributed by atoms with Crippen LogP contribution in [0.1, 0.15) is 19.3 Å². The van der Waals surface area contributed by atoms with Crippen molar-refractivity contribution < 1.29 is 0 Å². The third kappa shape index (κ3) is 57.4. The van der Waals surface area contributed by atoms with E-state index in [1.165, 1.54) is 0 Å². The molecule has 0 spiro atoms. The van der Waals surface area contributed by atoms with E-state index in [2.05, 4.69) is 0 Å². The molecule has 0 atom stereocenters. The average Bonchev–Trinajstić information content (AvgIpc) is 2.23. The smallest absolute Gasteiger partial charge is 0.00653 e. The molecule has 0 aromatic heterocycles. The third-order valence-electron chi connectivity index (χ3n) is 1.22. The van der Waals surface area contributed by atoms with Crippen LogP contribution in [0.3, 0.4) is 0 Å². The molecule has 0 aliphatic rings. The molecule has 0 rings (SSSR count). The van der Waals surface area contributed by atoms with E-state index in [4.69, 9.17) is 34.4 Å². The lowest BCUT2D eigenvalue weighted by atomic mass is 10.4. The van der Waals surface area contributed by atoms with Gasteiger partial charge in [0, 0.05) is 0 Å². The standard InChI is InChI=1S/3C3H10N2/c3*4-2-1-3-5/h3*1-5H2. The highest BCUT2D eigenvalue weighted by molar-refractivity contribution is 4.34. The molecule has 0 unspecified atom stereocenters. The Bertz CT molecular complexity index is 51.4. The molecular weight excluding hydrogens is 192 g/mol. The second-order valence-electron chi connectivity index (χ2n) is 2.79. The number of nitrogens with two attached hydrogens (primary N) is 6. The fraction of sp³-hybridized carbons (Fsp3) is 1.00. The van der Waals surface area contributed by atoms with Gasteiger partial charge in [-0.3, -0.25) is 0 Å². The van der Waals surface area contributed by atoms with Crippen molar-refractivity contribution in [2.45, 2.75) is 19.3 Å². The maximum atomic E-state index is 5.06. The van der Waals surface area contributed by atoms with Crippen LogP contribution in [0.15, 0.2) is 0 Å². The van der Waals surface area contributed by atoms with Gasteiger partial charge < -0.3 is 34.4 Å². The Balaban J connectivity index is -0.000000144. The minimum absolute atomic E-state index is 0.719. The van der Waals surface area contributed by atoms with Crippen LogP contribution < -0.4 is 34.4 Å². The zero-order valence-electron chi connectivity index (χ0n) is 9.83. The van der Waals surface area contributed by atoms with Gasteiger partial charge in [0.05, 0.1) is 0 Å². The molecule has 0 aliphatic heterocycles. The second kappa shape index (κ2) is 29.2. The van der Waals surface area contributed by atoms with Crippen LogP contribution in [0, 0.1) is 0 Å². The first-order valence-electron chi connectivity index (χ1n) is 5.45. The van der Waals surface area contributed by atoms with Gasteiger partial charge in [-0.15, -0.1) is 0 Å². The Labute approximate surface area is 93.7 Å². The van der Waals surface area contributed by atoms with Crippen molar-refractivity contribution in [1.29, 1.82) is 0 Å². The summed E-state index contributed by atoms with van der Waals surface area (Å²) in [5, 5.41) is 0. The van der Waals surface area contributed by atoms with Gasteiger partial charge in [0.25, 0.3) is 0 Å². The molecule has 6 nitrogen and oxygen atoms in total. The lowest BCUT2D eigenvalue weighted by Gasteiger charge is -1.81. The lowest BCUT2D eigenvalue weighted by Crippen LogP contribution is -2.06. The van der Waals surface area contributed by atoms with E-state index in [-0.39, 0.29) is 0 Å². The monoisotopic (exact) mass is 222 g/mol. The van der Waals surface area contributed by atoms with Crippen LogP contribution in [0.5, 0.6) is 0 Å². The van der Waals surface area contributed by atoms with Gasteiger partial charge in [-0.1, -0.05) is 0 Å². The summed E-state index contributed by atoms with van der Waals surface area (Å²) in [6.07, 6.45) is 2.83. The molecule has 0 aromatic rings. The molecular formula is C9H30N6.